The largest absolute Gasteiger partial charge is 0.347 e. The number of ether oxygens (including phenoxy) is 2. The van der Waals surface area contributed by atoms with Crippen LogP contribution in [0.4, 0.5) is 0 Å². The molecule has 0 bridgehead atoms. The van der Waals surface area contributed by atoms with Crippen LogP contribution >= 0.6 is 0 Å². The van der Waals surface area contributed by atoms with Crippen LogP contribution in [0.5, 0.6) is 0 Å². The molecule has 5 heteroatoms. The van der Waals surface area contributed by atoms with Gasteiger partial charge in [0.05, 0.1) is 0 Å². The van der Waals surface area contributed by atoms with Crippen molar-refractivity contribution < 1.29 is 9.47 Å². The van der Waals surface area contributed by atoms with E-state index in [9.17, 15) is 0 Å². The third-order valence-corrected chi connectivity index (χ3v) is 2.94. The fraction of sp³-hybridized carbons (Fsp3) is 0.714. The van der Waals surface area contributed by atoms with Crippen molar-refractivity contribution in [3.05, 3.63) is 23.8 Å². The van der Waals surface area contributed by atoms with Crippen LogP contribution in [-0.2, 0) is 9.47 Å². The lowest BCUT2D eigenvalue weighted by Crippen LogP contribution is -2.25. The molecule has 0 spiro atoms. The van der Waals surface area contributed by atoms with Crippen molar-refractivity contribution >= 4 is 0 Å². The number of hydrogen-bond donors (Lipinski definition) is 1. The van der Waals surface area contributed by atoms with Gasteiger partial charge in [-0.25, -0.2) is 9.97 Å². The van der Waals surface area contributed by atoms with E-state index in [0.717, 1.165) is 11.3 Å². The lowest BCUT2D eigenvalue weighted by molar-refractivity contribution is -0.143. The van der Waals surface area contributed by atoms with E-state index in [4.69, 9.17) is 9.47 Å². The molecule has 0 aliphatic heterocycles. The van der Waals surface area contributed by atoms with Gasteiger partial charge in [-0.3, -0.25) is 0 Å². The summed E-state index contributed by atoms with van der Waals surface area (Å²) in [6.07, 6.45) is 2.95. The number of aromatic nitrogens is 2. The highest BCUT2D eigenvalue weighted by atomic mass is 16.7. The van der Waals surface area contributed by atoms with Gasteiger partial charge < -0.3 is 14.8 Å². The van der Waals surface area contributed by atoms with Crippen LogP contribution in [0.1, 0.15) is 51.3 Å². The molecule has 108 valence electrons. The summed E-state index contributed by atoms with van der Waals surface area (Å²) in [5.41, 5.74) is 1.85. The van der Waals surface area contributed by atoms with Gasteiger partial charge in [0.2, 0.25) is 6.29 Å². The van der Waals surface area contributed by atoms with Crippen molar-refractivity contribution in [2.75, 3.05) is 20.3 Å². The third-order valence-electron chi connectivity index (χ3n) is 2.94. The van der Waals surface area contributed by atoms with E-state index in [2.05, 4.69) is 29.1 Å². The Bertz CT molecular complexity index is 365. The normalized spacial score (nSPS) is 13.2. The van der Waals surface area contributed by atoms with Gasteiger partial charge in [-0.15, -0.1) is 0 Å². The van der Waals surface area contributed by atoms with Crippen LogP contribution < -0.4 is 5.32 Å². The summed E-state index contributed by atoms with van der Waals surface area (Å²) >= 11 is 0. The molecule has 1 heterocycles. The fourth-order valence-electron chi connectivity index (χ4n) is 2.14. The van der Waals surface area contributed by atoms with Crippen molar-refractivity contribution in [2.45, 2.75) is 40.0 Å². The van der Waals surface area contributed by atoms with Crippen molar-refractivity contribution in [1.82, 2.24) is 15.3 Å². The van der Waals surface area contributed by atoms with Gasteiger partial charge in [0, 0.05) is 31.0 Å². The number of nitrogens with one attached hydrogen (secondary N) is 1. The van der Waals surface area contributed by atoms with Gasteiger partial charge in [-0.1, -0.05) is 13.8 Å². The molecule has 19 heavy (non-hydrogen) atoms. The summed E-state index contributed by atoms with van der Waals surface area (Å²) in [7, 11) is 1.94. The highest BCUT2D eigenvalue weighted by Gasteiger charge is 2.24. The second-order valence-corrected chi connectivity index (χ2v) is 4.62. The molecule has 0 radical (unpaired) electrons. The Morgan fingerprint density at radius 1 is 1.21 bits per heavy atom. The standard InChI is InChI=1S/C14H25N3O2/c1-6-18-14(19-7-2)13-11(8-16-9-17-13)12(15-5)10(3)4/h8-10,12,14-15H,6-7H2,1-5H3. The van der Waals surface area contributed by atoms with Crippen LogP contribution in [0, 0.1) is 5.92 Å². The first-order chi connectivity index (χ1) is 9.15. The topological polar surface area (TPSA) is 56.3 Å². The first kappa shape index (κ1) is 16.0. The first-order valence-corrected chi connectivity index (χ1v) is 6.85. The number of nitrogens with zero attached hydrogens (tertiary/aromatic N) is 2. The summed E-state index contributed by atoms with van der Waals surface area (Å²) in [5.74, 6) is 0.429. The summed E-state index contributed by atoms with van der Waals surface area (Å²) < 4.78 is 11.3. The maximum absolute atomic E-state index is 5.64. The lowest BCUT2D eigenvalue weighted by Gasteiger charge is -2.25. The third kappa shape index (κ3) is 4.23. The predicted octanol–water partition coefficient (Wildman–Crippen LogP) is 2.46. The Kier molecular flexibility index (Phi) is 6.91. The molecule has 0 aliphatic carbocycles. The zero-order valence-electron chi connectivity index (χ0n) is 12.5. The van der Waals surface area contributed by atoms with Crippen molar-refractivity contribution in [2.24, 2.45) is 5.92 Å². The molecule has 0 fully saturated rings. The van der Waals surface area contributed by atoms with Gasteiger partial charge in [0.15, 0.2) is 0 Å². The molecule has 1 rings (SSSR count). The molecule has 1 atom stereocenters. The van der Waals surface area contributed by atoms with Crippen LogP contribution in [-0.4, -0.2) is 30.2 Å². The van der Waals surface area contributed by atoms with E-state index in [-0.39, 0.29) is 6.04 Å². The first-order valence-electron chi connectivity index (χ1n) is 6.85. The lowest BCUT2D eigenvalue weighted by atomic mass is 9.96. The summed E-state index contributed by atoms with van der Waals surface area (Å²) in [6, 6.07) is 0.180. The van der Waals surface area contributed by atoms with E-state index >= 15 is 0 Å². The van der Waals surface area contributed by atoms with E-state index in [1.165, 1.54) is 6.33 Å². The van der Waals surface area contributed by atoms with E-state index in [1.54, 1.807) is 0 Å². The van der Waals surface area contributed by atoms with Gasteiger partial charge in [0.1, 0.15) is 12.0 Å². The minimum absolute atomic E-state index is 0.180. The Morgan fingerprint density at radius 3 is 2.32 bits per heavy atom. The van der Waals surface area contributed by atoms with Gasteiger partial charge in [-0.2, -0.15) is 0 Å². The molecular weight excluding hydrogens is 242 g/mol. The molecule has 1 aromatic heterocycles. The second-order valence-electron chi connectivity index (χ2n) is 4.62. The second kappa shape index (κ2) is 8.19. The Balaban J connectivity index is 3.11. The maximum Gasteiger partial charge on any atom is 0.201 e. The molecule has 0 saturated carbocycles. The van der Waals surface area contributed by atoms with Crippen LogP contribution in [0.25, 0.3) is 0 Å². The Labute approximate surface area is 115 Å². The Hall–Kier alpha value is -1.04. The minimum Gasteiger partial charge on any atom is -0.347 e. The summed E-state index contributed by atoms with van der Waals surface area (Å²) in [6.45, 7) is 9.39. The minimum atomic E-state index is -0.428. The average Bonchev–Trinajstić information content (AvgIpc) is 2.39. The molecular formula is C14H25N3O2. The number of hydrogen-bond acceptors (Lipinski definition) is 5. The molecule has 0 aliphatic rings. The smallest absolute Gasteiger partial charge is 0.201 e. The highest BCUT2D eigenvalue weighted by molar-refractivity contribution is 5.22. The number of rotatable bonds is 8. The molecule has 1 N–H and O–H groups in total. The van der Waals surface area contributed by atoms with Crippen molar-refractivity contribution in [3.63, 3.8) is 0 Å². The fourth-order valence-corrected chi connectivity index (χ4v) is 2.14. The molecule has 1 unspecified atom stereocenters. The molecule has 5 nitrogen and oxygen atoms in total. The summed E-state index contributed by atoms with van der Waals surface area (Å²) in [5, 5.41) is 3.31. The summed E-state index contributed by atoms with van der Waals surface area (Å²) in [4.78, 5) is 8.50. The predicted molar refractivity (Wildman–Crippen MR) is 74.7 cm³/mol. The monoisotopic (exact) mass is 267 g/mol. The quantitative estimate of drug-likeness (QED) is 0.733. The SMILES string of the molecule is CCOC(OCC)c1ncncc1C(NC)C(C)C. The molecule has 0 aromatic carbocycles. The van der Waals surface area contributed by atoms with Gasteiger partial charge in [0.25, 0.3) is 0 Å². The van der Waals surface area contributed by atoms with Crippen LogP contribution in [0.2, 0.25) is 0 Å². The van der Waals surface area contributed by atoms with E-state index < -0.39 is 6.29 Å². The van der Waals surface area contributed by atoms with Crippen LogP contribution in [0.15, 0.2) is 12.5 Å². The van der Waals surface area contributed by atoms with Gasteiger partial charge >= 0.3 is 0 Å². The molecule has 1 aromatic rings. The zero-order valence-corrected chi connectivity index (χ0v) is 12.5. The average molecular weight is 267 g/mol. The zero-order chi connectivity index (χ0) is 14.3. The molecule has 0 amide bonds. The van der Waals surface area contributed by atoms with E-state index in [0.29, 0.717) is 19.1 Å². The van der Waals surface area contributed by atoms with E-state index in [1.807, 2.05) is 27.1 Å². The highest BCUT2D eigenvalue weighted by Crippen LogP contribution is 2.28. The maximum atomic E-state index is 5.64. The van der Waals surface area contributed by atoms with Gasteiger partial charge in [-0.05, 0) is 26.8 Å². The van der Waals surface area contributed by atoms with Crippen molar-refractivity contribution in [1.29, 1.82) is 0 Å². The Morgan fingerprint density at radius 2 is 1.84 bits per heavy atom. The molecule has 0 saturated heterocycles. The van der Waals surface area contributed by atoms with Crippen LogP contribution in [0.3, 0.4) is 0 Å². The van der Waals surface area contributed by atoms with Crippen molar-refractivity contribution in [3.8, 4) is 0 Å².